The Hall–Kier alpha value is -4.29. The number of aryl methyl sites for hydroxylation is 3. The predicted molar refractivity (Wildman–Crippen MR) is 168 cm³/mol. The zero-order valence-electron chi connectivity index (χ0n) is 25.6. The van der Waals surface area contributed by atoms with Crippen molar-refractivity contribution >= 4 is 40.4 Å². The number of carbonyl (C=O) groups is 2. The van der Waals surface area contributed by atoms with Crippen LogP contribution in [0, 0.1) is 0 Å². The van der Waals surface area contributed by atoms with Crippen molar-refractivity contribution in [2.24, 2.45) is 14.1 Å². The molecule has 2 N–H and O–H groups in total. The van der Waals surface area contributed by atoms with Crippen molar-refractivity contribution in [2.75, 3.05) is 16.8 Å². The maximum Gasteiger partial charge on any atom is 0.302 e. The lowest BCUT2D eigenvalue weighted by Gasteiger charge is -2.30. The number of rotatable bonds is 7. The van der Waals surface area contributed by atoms with E-state index < -0.39 is 11.6 Å². The summed E-state index contributed by atoms with van der Waals surface area (Å²) in [6, 6.07) is 8.87. The molecule has 4 heterocycles. The van der Waals surface area contributed by atoms with Gasteiger partial charge in [-0.2, -0.15) is 10.2 Å². The van der Waals surface area contributed by atoms with Gasteiger partial charge in [-0.05, 0) is 69.2 Å². The topological polar surface area (TPSA) is 132 Å². The minimum Gasteiger partial charge on any atom is -0.461 e. The van der Waals surface area contributed by atoms with Gasteiger partial charge in [-0.1, -0.05) is 12.1 Å². The normalized spacial score (nSPS) is 14.8. The lowest BCUT2D eigenvalue weighted by Crippen LogP contribution is -2.37. The molecule has 4 aromatic rings. The Morgan fingerprint density at radius 2 is 1.84 bits per heavy atom. The number of hydrogen-bond acceptors (Lipinski definition) is 9. The van der Waals surface area contributed by atoms with Gasteiger partial charge in [0, 0.05) is 49.6 Å². The predicted octanol–water partition coefficient (Wildman–Crippen LogP) is 4.36. The van der Waals surface area contributed by atoms with Crippen molar-refractivity contribution in [1.29, 1.82) is 0 Å². The van der Waals surface area contributed by atoms with Gasteiger partial charge in [-0.15, -0.1) is 11.3 Å². The molecule has 0 bridgehead atoms. The number of carbonyl (C=O) groups excluding carboxylic acids is 2. The van der Waals surface area contributed by atoms with Crippen molar-refractivity contribution in [2.45, 2.75) is 65.1 Å². The van der Waals surface area contributed by atoms with Crippen LogP contribution in [0.5, 0.6) is 0 Å². The molecule has 1 aromatic carbocycles. The van der Waals surface area contributed by atoms with Crippen LogP contribution in [0.2, 0.25) is 0 Å². The van der Waals surface area contributed by atoms with E-state index in [1.54, 1.807) is 61.0 Å². The lowest BCUT2D eigenvalue weighted by molar-refractivity contribution is -0.142. The van der Waals surface area contributed by atoms with Gasteiger partial charge in [-0.3, -0.25) is 19.1 Å². The number of ether oxygens (including phenoxy) is 1. The summed E-state index contributed by atoms with van der Waals surface area (Å²) in [5.41, 5.74) is 4.22. The molecule has 0 saturated carbocycles. The van der Waals surface area contributed by atoms with E-state index in [9.17, 15) is 19.5 Å². The zero-order chi connectivity index (χ0) is 31.3. The van der Waals surface area contributed by atoms with Gasteiger partial charge in [0.25, 0.3) is 11.5 Å². The maximum absolute atomic E-state index is 14.0. The van der Waals surface area contributed by atoms with Crippen LogP contribution in [0.4, 0.5) is 17.2 Å². The summed E-state index contributed by atoms with van der Waals surface area (Å²) in [4.78, 5) is 43.0. The fraction of sp³-hybridized carbons (Fsp3) is 0.406. The number of esters is 1. The standard InChI is InChI=1S/C32H36N6O5S/c1-18(39)43-17-22-19(23-15-24(30(40)37(5)34-23)33-28-16-27(32(2,3)42)36(4)35-28)10-8-11-25(22)38-14-13-21-20-9-6-7-12-26(20)44-29(21)31(38)41/h8,10-11,15-16,42H,6-7,9,12-14,17H2,1-5H3,(H,33,35). The molecule has 6 rings (SSSR count). The van der Waals surface area contributed by atoms with E-state index in [4.69, 9.17) is 4.74 Å². The van der Waals surface area contributed by atoms with E-state index in [-0.39, 0.29) is 23.8 Å². The summed E-state index contributed by atoms with van der Waals surface area (Å²) < 4.78 is 8.28. The molecule has 1 aliphatic heterocycles. The highest BCUT2D eigenvalue weighted by Crippen LogP contribution is 2.40. The molecule has 0 radical (unpaired) electrons. The molecule has 0 atom stereocenters. The Bertz CT molecular complexity index is 1850. The van der Waals surface area contributed by atoms with Crippen LogP contribution in [0.25, 0.3) is 11.3 Å². The monoisotopic (exact) mass is 616 g/mol. The van der Waals surface area contributed by atoms with E-state index in [0.29, 0.717) is 40.6 Å². The summed E-state index contributed by atoms with van der Waals surface area (Å²) in [6.07, 6.45) is 5.15. The van der Waals surface area contributed by atoms with Gasteiger partial charge in [0.15, 0.2) is 5.82 Å². The molecule has 11 nitrogen and oxygen atoms in total. The minimum absolute atomic E-state index is 0.0413. The number of nitrogens with zero attached hydrogens (tertiary/aromatic N) is 5. The third-order valence-corrected chi connectivity index (χ3v) is 9.60. The van der Waals surface area contributed by atoms with Crippen molar-refractivity contribution in [3.05, 3.63) is 72.8 Å². The first-order valence-electron chi connectivity index (χ1n) is 14.8. The highest BCUT2D eigenvalue weighted by atomic mass is 32.1. The Morgan fingerprint density at radius 1 is 1.07 bits per heavy atom. The number of aromatic nitrogens is 4. The number of anilines is 3. The first-order valence-corrected chi connectivity index (χ1v) is 15.6. The van der Waals surface area contributed by atoms with E-state index in [2.05, 4.69) is 15.5 Å². The first kappa shape index (κ1) is 29.8. The van der Waals surface area contributed by atoms with Gasteiger partial charge in [0.05, 0.1) is 22.0 Å². The van der Waals surface area contributed by atoms with Crippen LogP contribution in [0.15, 0.2) is 35.1 Å². The van der Waals surface area contributed by atoms with Crippen LogP contribution >= 0.6 is 11.3 Å². The Morgan fingerprint density at radius 3 is 2.57 bits per heavy atom. The van der Waals surface area contributed by atoms with Gasteiger partial charge < -0.3 is 20.1 Å². The van der Waals surface area contributed by atoms with Crippen LogP contribution in [0.1, 0.15) is 70.5 Å². The first-order chi connectivity index (χ1) is 20.9. The van der Waals surface area contributed by atoms with E-state index in [1.165, 1.54) is 27.6 Å². The minimum atomic E-state index is -1.13. The SMILES string of the molecule is CC(=O)OCc1c(-c2cc(Nc3cc(C(C)(C)O)n(C)n3)c(=O)n(C)n2)cccc1N1CCc2c(sc3c2CCCC3)C1=O. The smallest absolute Gasteiger partial charge is 0.302 e. The van der Waals surface area contributed by atoms with Gasteiger partial charge in [-0.25, -0.2) is 4.68 Å². The lowest BCUT2D eigenvalue weighted by atomic mass is 9.91. The number of amides is 1. The average molecular weight is 617 g/mol. The van der Waals surface area contributed by atoms with Gasteiger partial charge >= 0.3 is 5.97 Å². The van der Waals surface area contributed by atoms with E-state index in [1.807, 2.05) is 18.2 Å². The molecule has 3 aromatic heterocycles. The molecule has 230 valence electrons. The number of aliphatic hydroxyl groups is 1. The second kappa shape index (κ2) is 11.3. The molecular formula is C32H36N6O5S. The van der Waals surface area contributed by atoms with Crippen LogP contribution in [0.3, 0.4) is 0 Å². The Balaban J connectivity index is 1.41. The number of benzene rings is 1. The van der Waals surface area contributed by atoms with E-state index in [0.717, 1.165) is 37.0 Å². The maximum atomic E-state index is 14.0. The molecule has 0 fully saturated rings. The van der Waals surface area contributed by atoms with Crippen LogP contribution < -0.4 is 15.8 Å². The van der Waals surface area contributed by atoms with Crippen LogP contribution in [-0.2, 0) is 55.1 Å². The van der Waals surface area contributed by atoms with Crippen molar-refractivity contribution in [3.8, 4) is 11.3 Å². The molecule has 2 aliphatic rings. The summed E-state index contributed by atoms with van der Waals surface area (Å²) in [7, 11) is 3.28. The molecule has 12 heteroatoms. The highest BCUT2D eigenvalue weighted by Gasteiger charge is 2.33. The number of thiophene rings is 1. The molecular weight excluding hydrogens is 580 g/mol. The molecule has 0 saturated heterocycles. The second-order valence-corrected chi connectivity index (χ2v) is 13.0. The molecule has 1 aliphatic carbocycles. The number of hydrogen-bond donors (Lipinski definition) is 2. The van der Waals surface area contributed by atoms with Gasteiger partial charge in [0.2, 0.25) is 0 Å². The number of fused-ring (bicyclic) bond motifs is 3. The Kier molecular flexibility index (Phi) is 7.66. The molecule has 0 unspecified atom stereocenters. The molecule has 1 amide bonds. The average Bonchev–Trinajstić information content (AvgIpc) is 3.55. The molecule has 0 spiro atoms. The summed E-state index contributed by atoms with van der Waals surface area (Å²) in [6.45, 7) is 5.12. The van der Waals surface area contributed by atoms with Crippen molar-refractivity contribution in [3.63, 3.8) is 0 Å². The quantitative estimate of drug-likeness (QED) is 0.293. The summed E-state index contributed by atoms with van der Waals surface area (Å²) in [5.74, 6) is -0.0981. The third kappa shape index (κ3) is 5.43. The van der Waals surface area contributed by atoms with Crippen LogP contribution in [-0.4, -0.2) is 43.1 Å². The Labute approximate surface area is 259 Å². The zero-order valence-corrected chi connectivity index (χ0v) is 26.4. The highest BCUT2D eigenvalue weighted by molar-refractivity contribution is 7.14. The summed E-state index contributed by atoms with van der Waals surface area (Å²) in [5, 5.41) is 22.5. The fourth-order valence-electron chi connectivity index (χ4n) is 6.21. The largest absolute Gasteiger partial charge is 0.461 e. The van der Waals surface area contributed by atoms with E-state index >= 15 is 0 Å². The number of nitrogens with one attached hydrogen (secondary N) is 1. The fourth-order valence-corrected chi connectivity index (χ4v) is 7.59. The van der Waals surface area contributed by atoms with Crippen molar-refractivity contribution in [1.82, 2.24) is 19.6 Å². The third-order valence-electron chi connectivity index (χ3n) is 8.28. The van der Waals surface area contributed by atoms with Gasteiger partial charge in [0.1, 0.15) is 17.9 Å². The second-order valence-electron chi connectivity index (χ2n) is 11.9. The summed E-state index contributed by atoms with van der Waals surface area (Å²) >= 11 is 1.62. The van der Waals surface area contributed by atoms with Crippen molar-refractivity contribution < 1.29 is 19.4 Å². The molecule has 44 heavy (non-hydrogen) atoms.